The molecule has 0 aliphatic carbocycles. The van der Waals surface area contributed by atoms with Gasteiger partial charge in [-0.3, -0.25) is 0 Å². The topological polar surface area (TPSA) is 21.3 Å². The summed E-state index contributed by atoms with van der Waals surface area (Å²) in [6.45, 7) is 11.0. The molecule has 1 aromatic rings. The van der Waals surface area contributed by atoms with Crippen LogP contribution in [0.2, 0.25) is 0 Å². The number of nitrogens with one attached hydrogen (secondary N) is 1. The second-order valence-electron chi connectivity index (χ2n) is 5.72. The molecule has 0 saturated carbocycles. The highest BCUT2D eigenvalue weighted by molar-refractivity contribution is 9.10. The SMILES string of the molecule is COc1ccc(CNCC(C)(C)C(C)C)cc1Br. The first-order valence-corrected chi connectivity index (χ1v) is 7.19. The van der Waals surface area contributed by atoms with Gasteiger partial charge in [-0.25, -0.2) is 0 Å². The Bertz CT molecular complexity index is 388. The number of methoxy groups -OCH3 is 1. The quantitative estimate of drug-likeness (QED) is 0.848. The molecular formula is C15H24BrNO. The maximum absolute atomic E-state index is 5.22. The summed E-state index contributed by atoms with van der Waals surface area (Å²) in [7, 11) is 1.68. The van der Waals surface area contributed by atoms with Crippen molar-refractivity contribution >= 4 is 15.9 Å². The van der Waals surface area contributed by atoms with Crippen molar-refractivity contribution in [2.75, 3.05) is 13.7 Å². The summed E-state index contributed by atoms with van der Waals surface area (Å²) < 4.78 is 6.23. The number of hydrogen-bond donors (Lipinski definition) is 1. The molecule has 0 aliphatic heterocycles. The maximum Gasteiger partial charge on any atom is 0.133 e. The highest BCUT2D eigenvalue weighted by atomic mass is 79.9. The van der Waals surface area contributed by atoms with E-state index in [1.54, 1.807) is 7.11 Å². The normalized spacial score (nSPS) is 11.9. The zero-order valence-electron chi connectivity index (χ0n) is 12.0. The molecule has 0 atom stereocenters. The predicted octanol–water partition coefficient (Wildman–Crippen LogP) is 4.23. The van der Waals surface area contributed by atoms with Gasteiger partial charge in [0.05, 0.1) is 11.6 Å². The predicted molar refractivity (Wildman–Crippen MR) is 81.0 cm³/mol. The van der Waals surface area contributed by atoms with Crippen LogP contribution in [-0.4, -0.2) is 13.7 Å². The molecule has 0 fully saturated rings. The van der Waals surface area contributed by atoms with Crippen molar-refractivity contribution in [1.82, 2.24) is 5.32 Å². The molecule has 0 aromatic heterocycles. The van der Waals surface area contributed by atoms with Gasteiger partial charge >= 0.3 is 0 Å². The van der Waals surface area contributed by atoms with Crippen molar-refractivity contribution in [3.8, 4) is 5.75 Å². The number of rotatable bonds is 6. The van der Waals surface area contributed by atoms with Gasteiger partial charge in [0.1, 0.15) is 5.75 Å². The van der Waals surface area contributed by atoms with E-state index in [0.29, 0.717) is 11.3 Å². The summed E-state index contributed by atoms with van der Waals surface area (Å²) in [4.78, 5) is 0. The highest BCUT2D eigenvalue weighted by Crippen LogP contribution is 2.26. The van der Waals surface area contributed by atoms with Crippen molar-refractivity contribution in [3.05, 3.63) is 28.2 Å². The van der Waals surface area contributed by atoms with Crippen LogP contribution >= 0.6 is 15.9 Å². The minimum Gasteiger partial charge on any atom is -0.496 e. The Morgan fingerprint density at radius 2 is 2.00 bits per heavy atom. The third kappa shape index (κ3) is 4.29. The van der Waals surface area contributed by atoms with Gasteiger partial charge in [-0.2, -0.15) is 0 Å². The maximum atomic E-state index is 5.22. The number of benzene rings is 1. The van der Waals surface area contributed by atoms with Crippen molar-refractivity contribution in [1.29, 1.82) is 0 Å². The average Bonchev–Trinajstić information content (AvgIpc) is 2.29. The Hall–Kier alpha value is -0.540. The van der Waals surface area contributed by atoms with Gasteiger partial charge in [-0.1, -0.05) is 33.8 Å². The Balaban J connectivity index is 2.52. The van der Waals surface area contributed by atoms with E-state index in [9.17, 15) is 0 Å². The van der Waals surface area contributed by atoms with Gasteiger partial charge in [0, 0.05) is 13.1 Å². The standard InChI is InChI=1S/C15H24BrNO/c1-11(2)15(3,4)10-17-9-12-6-7-14(18-5)13(16)8-12/h6-8,11,17H,9-10H2,1-5H3. The van der Waals surface area contributed by atoms with Crippen LogP contribution in [0.3, 0.4) is 0 Å². The van der Waals surface area contributed by atoms with Crippen LogP contribution in [-0.2, 0) is 6.54 Å². The van der Waals surface area contributed by atoms with E-state index >= 15 is 0 Å². The first-order chi connectivity index (χ1) is 8.36. The molecule has 0 saturated heterocycles. The molecule has 18 heavy (non-hydrogen) atoms. The van der Waals surface area contributed by atoms with Gasteiger partial charge in [0.15, 0.2) is 0 Å². The molecule has 0 spiro atoms. The van der Waals surface area contributed by atoms with E-state index in [0.717, 1.165) is 23.3 Å². The fourth-order valence-corrected chi connectivity index (χ4v) is 2.14. The zero-order valence-corrected chi connectivity index (χ0v) is 13.6. The van der Waals surface area contributed by atoms with E-state index in [-0.39, 0.29) is 0 Å². The van der Waals surface area contributed by atoms with Gasteiger partial charge in [-0.05, 0) is 45.0 Å². The lowest BCUT2D eigenvalue weighted by atomic mass is 9.81. The Morgan fingerprint density at radius 1 is 1.33 bits per heavy atom. The molecule has 0 radical (unpaired) electrons. The first-order valence-electron chi connectivity index (χ1n) is 6.40. The third-order valence-corrected chi connectivity index (χ3v) is 4.31. The van der Waals surface area contributed by atoms with Crippen LogP contribution in [0.25, 0.3) is 0 Å². The van der Waals surface area contributed by atoms with Gasteiger partial charge in [-0.15, -0.1) is 0 Å². The fraction of sp³-hybridized carbons (Fsp3) is 0.600. The van der Waals surface area contributed by atoms with Crippen LogP contribution in [0.1, 0.15) is 33.3 Å². The number of halogens is 1. The van der Waals surface area contributed by atoms with Gasteiger partial charge < -0.3 is 10.1 Å². The van der Waals surface area contributed by atoms with Crippen LogP contribution < -0.4 is 10.1 Å². The zero-order chi connectivity index (χ0) is 13.8. The lowest BCUT2D eigenvalue weighted by Gasteiger charge is -2.29. The number of ether oxygens (including phenoxy) is 1. The molecule has 0 bridgehead atoms. The van der Waals surface area contributed by atoms with Gasteiger partial charge in [0.25, 0.3) is 0 Å². The average molecular weight is 314 g/mol. The Labute approximate surface area is 119 Å². The van der Waals surface area contributed by atoms with Crippen LogP contribution in [0.5, 0.6) is 5.75 Å². The van der Waals surface area contributed by atoms with E-state index in [1.165, 1.54) is 5.56 Å². The molecule has 0 aliphatic rings. The Kier molecular flexibility index (Phi) is 5.67. The molecule has 0 amide bonds. The molecular weight excluding hydrogens is 290 g/mol. The summed E-state index contributed by atoms with van der Waals surface area (Å²) in [5.41, 5.74) is 1.59. The molecule has 1 rings (SSSR count). The number of hydrogen-bond acceptors (Lipinski definition) is 2. The van der Waals surface area contributed by atoms with Crippen molar-refractivity contribution in [3.63, 3.8) is 0 Å². The minimum absolute atomic E-state index is 0.323. The largest absolute Gasteiger partial charge is 0.496 e. The van der Waals surface area contributed by atoms with Crippen LogP contribution in [0, 0.1) is 11.3 Å². The van der Waals surface area contributed by atoms with Crippen molar-refractivity contribution in [2.24, 2.45) is 11.3 Å². The van der Waals surface area contributed by atoms with Crippen LogP contribution in [0.15, 0.2) is 22.7 Å². The molecule has 102 valence electrons. The second-order valence-corrected chi connectivity index (χ2v) is 6.57. The molecule has 0 unspecified atom stereocenters. The minimum atomic E-state index is 0.323. The molecule has 3 heteroatoms. The molecule has 1 aromatic carbocycles. The lowest BCUT2D eigenvalue weighted by molar-refractivity contribution is 0.238. The second kappa shape index (κ2) is 6.58. The Morgan fingerprint density at radius 3 is 2.50 bits per heavy atom. The lowest BCUT2D eigenvalue weighted by Crippen LogP contribution is -2.33. The van der Waals surface area contributed by atoms with Crippen molar-refractivity contribution in [2.45, 2.75) is 34.2 Å². The van der Waals surface area contributed by atoms with Crippen LogP contribution in [0.4, 0.5) is 0 Å². The summed E-state index contributed by atoms with van der Waals surface area (Å²) in [5.74, 6) is 1.55. The summed E-state index contributed by atoms with van der Waals surface area (Å²) in [6, 6.07) is 6.20. The smallest absolute Gasteiger partial charge is 0.133 e. The third-order valence-electron chi connectivity index (χ3n) is 3.69. The summed E-state index contributed by atoms with van der Waals surface area (Å²) in [5, 5.41) is 3.53. The summed E-state index contributed by atoms with van der Waals surface area (Å²) >= 11 is 3.51. The van der Waals surface area contributed by atoms with Crippen molar-refractivity contribution < 1.29 is 4.74 Å². The highest BCUT2D eigenvalue weighted by Gasteiger charge is 2.21. The first kappa shape index (κ1) is 15.5. The summed E-state index contributed by atoms with van der Waals surface area (Å²) in [6.07, 6.45) is 0. The molecule has 1 N–H and O–H groups in total. The monoisotopic (exact) mass is 313 g/mol. The molecule has 0 heterocycles. The van der Waals surface area contributed by atoms with E-state index in [4.69, 9.17) is 4.74 Å². The van der Waals surface area contributed by atoms with Gasteiger partial charge in [0.2, 0.25) is 0 Å². The van der Waals surface area contributed by atoms with E-state index in [2.05, 4.69) is 61.1 Å². The fourth-order valence-electron chi connectivity index (χ4n) is 1.55. The van der Waals surface area contributed by atoms with E-state index in [1.807, 2.05) is 6.07 Å². The van der Waals surface area contributed by atoms with E-state index < -0.39 is 0 Å². The molecule has 2 nitrogen and oxygen atoms in total.